The zero-order valence-electron chi connectivity index (χ0n) is 13.3. The number of likely N-dealkylation sites (tertiary alicyclic amines) is 1. The number of aromatic nitrogens is 1. The Morgan fingerprint density at radius 1 is 1.32 bits per heavy atom. The monoisotopic (exact) mass is 361 g/mol. The van der Waals surface area contributed by atoms with E-state index in [1.165, 1.54) is 18.2 Å². The summed E-state index contributed by atoms with van der Waals surface area (Å²) in [4.78, 5) is 28.8. The Balaban J connectivity index is 1.66. The summed E-state index contributed by atoms with van der Waals surface area (Å²) in [7, 11) is 0. The first-order valence-corrected chi connectivity index (χ1v) is 8.22. The van der Waals surface area contributed by atoms with Crippen LogP contribution < -0.4 is 4.74 Å². The SMILES string of the molecule is O=C(c1cc(Cl)ccc1[N+](=O)[O-])N1CCC(Oc2cccnc2)CC1. The normalized spacial score (nSPS) is 15.0. The molecular weight excluding hydrogens is 346 g/mol. The molecule has 0 radical (unpaired) electrons. The summed E-state index contributed by atoms with van der Waals surface area (Å²) >= 11 is 5.90. The van der Waals surface area contributed by atoms with Crippen LogP contribution in [0.3, 0.4) is 0 Å². The van der Waals surface area contributed by atoms with Gasteiger partial charge in [-0.2, -0.15) is 0 Å². The van der Waals surface area contributed by atoms with E-state index in [9.17, 15) is 14.9 Å². The fourth-order valence-corrected chi connectivity index (χ4v) is 2.97. The van der Waals surface area contributed by atoms with Gasteiger partial charge >= 0.3 is 0 Å². The molecule has 0 unspecified atom stereocenters. The fraction of sp³-hybridized carbons (Fsp3) is 0.294. The predicted octanol–water partition coefficient (Wildman–Crippen LogP) is 3.33. The van der Waals surface area contributed by atoms with Crippen LogP contribution in [0.25, 0.3) is 0 Å². The van der Waals surface area contributed by atoms with E-state index >= 15 is 0 Å². The molecule has 8 heteroatoms. The Bertz CT molecular complexity index is 777. The van der Waals surface area contributed by atoms with E-state index in [0.717, 1.165) is 0 Å². The maximum atomic E-state index is 12.7. The summed E-state index contributed by atoms with van der Waals surface area (Å²) < 4.78 is 5.84. The lowest BCUT2D eigenvalue weighted by molar-refractivity contribution is -0.385. The number of piperidine rings is 1. The highest BCUT2D eigenvalue weighted by molar-refractivity contribution is 6.31. The maximum absolute atomic E-state index is 12.7. The number of amides is 1. The molecule has 0 atom stereocenters. The summed E-state index contributed by atoms with van der Waals surface area (Å²) in [5.41, 5.74) is -0.215. The Kier molecular flexibility index (Phi) is 5.14. The van der Waals surface area contributed by atoms with Gasteiger partial charge in [-0.1, -0.05) is 11.6 Å². The zero-order chi connectivity index (χ0) is 17.8. The number of ether oxygens (including phenoxy) is 1. The van der Waals surface area contributed by atoms with Crippen LogP contribution in [0.4, 0.5) is 5.69 Å². The van der Waals surface area contributed by atoms with E-state index in [1.54, 1.807) is 23.4 Å². The number of hydrogen-bond acceptors (Lipinski definition) is 5. The highest BCUT2D eigenvalue weighted by atomic mass is 35.5. The number of benzene rings is 1. The summed E-state index contributed by atoms with van der Waals surface area (Å²) in [6.07, 6.45) is 4.60. The van der Waals surface area contributed by atoms with Crippen molar-refractivity contribution in [2.45, 2.75) is 18.9 Å². The Labute approximate surface area is 149 Å². The van der Waals surface area contributed by atoms with Crippen LogP contribution in [-0.2, 0) is 0 Å². The average Bonchev–Trinajstić information content (AvgIpc) is 2.62. The van der Waals surface area contributed by atoms with Crippen LogP contribution in [0.5, 0.6) is 5.75 Å². The zero-order valence-corrected chi connectivity index (χ0v) is 14.1. The smallest absolute Gasteiger partial charge is 0.282 e. The summed E-state index contributed by atoms with van der Waals surface area (Å²) in [6, 6.07) is 7.64. The van der Waals surface area contributed by atoms with E-state index in [2.05, 4.69) is 4.98 Å². The fourth-order valence-electron chi connectivity index (χ4n) is 2.80. The number of nitrogens with zero attached hydrogens (tertiary/aromatic N) is 3. The van der Waals surface area contributed by atoms with Crippen LogP contribution in [-0.4, -0.2) is 39.9 Å². The molecule has 2 heterocycles. The third-order valence-corrected chi connectivity index (χ3v) is 4.29. The van der Waals surface area contributed by atoms with E-state index in [4.69, 9.17) is 16.3 Å². The van der Waals surface area contributed by atoms with Crippen LogP contribution in [0.1, 0.15) is 23.2 Å². The standard InChI is InChI=1S/C17H16ClN3O4/c18-12-3-4-16(21(23)24)15(10-12)17(22)20-8-5-13(6-9-20)25-14-2-1-7-19-11-14/h1-4,7,10-11,13H,5-6,8-9H2. The maximum Gasteiger partial charge on any atom is 0.282 e. The highest BCUT2D eigenvalue weighted by Crippen LogP contribution is 2.26. The molecule has 25 heavy (non-hydrogen) atoms. The Morgan fingerprint density at radius 2 is 2.08 bits per heavy atom. The van der Waals surface area contributed by atoms with Crippen molar-refractivity contribution in [2.75, 3.05) is 13.1 Å². The highest BCUT2D eigenvalue weighted by Gasteiger charge is 2.29. The van der Waals surface area contributed by atoms with Crippen LogP contribution in [0, 0.1) is 10.1 Å². The number of carbonyl (C=O) groups excluding carboxylic acids is 1. The summed E-state index contributed by atoms with van der Waals surface area (Å²) in [5, 5.41) is 11.4. The quantitative estimate of drug-likeness (QED) is 0.616. The molecule has 2 aromatic rings. The molecule has 1 aromatic carbocycles. The van der Waals surface area contributed by atoms with Crippen molar-refractivity contribution >= 4 is 23.2 Å². The van der Waals surface area contributed by atoms with Crippen molar-refractivity contribution in [2.24, 2.45) is 0 Å². The van der Waals surface area contributed by atoms with Crippen molar-refractivity contribution in [3.8, 4) is 5.75 Å². The average molecular weight is 362 g/mol. The van der Waals surface area contributed by atoms with Crippen LogP contribution >= 0.6 is 11.6 Å². The first kappa shape index (κ1) is 17.2. The van der Waals surface area contributed by atoms with Crippen molar-refractivity contribution in [1.82, 2.24) is 9.88 Å². The third kappa shape index (κ3) is 4.06. The molecule has 1 aliphatic heterocycles. The molecule has 0 bridgehead atoms. The molecule has 0 saturated carbocycles. The van der Waals surface area contributed by atoms with Crippen LogP contribution in [0.2, 0.25) is 5.02 Å². The second-order valence-electron chi connectivity index (χ2n) is 5.72. The topological polar surface area (TPSA) is 85.6 Å². The van der Waals surface area contributed by atoms with E-state index in [-0.39, 0.29) is 23.3 Å². The first-order chi connectivity index (χ1) is 12.0. The molecule has 0 spiro atoms. The number of nitro groups is 1. The molecule has 3 rings (SSSR count). The van der Waals surface area contributed by atoms with Gasteiger partial charge in [0.05, 0.1) is 11.1 Å². The summed E-state index contributed by atoms with van der Waals surface area (Å²) in [5.74, 6) is 0.312. The molecule has 1 aromatic heterocycles. The van der Waals surface area contributed by atoms with E-state index in [0.29, 0.717) is 36.7 Å². The lowest BCUT2D eigenvalue weighted by atomic mass is 10.1. The van der Waals surface area contributed by atoms with Gasteiger partial charge in [-0.05, 0) is 24.3 Å². The molecule has 1 amide bonds. The number of halogens is 1. The lowest BCUT2D eigenvalue weighted by Crippen LogP contribution is -2.42. The minimum atomic E-state index is -0.568. The minimum Gasteiger partial charge on any atom is -0.489 e. The van der Waals surface area contributed by atoms with Gasteiger partial charge in [-0.15, -0.1) is 0 Å². The van der Waals surface area contributed by atoms with Crippen molar-refractivity contribution < 1.29 is 14.5 Å². The predicted molar refractivity (Wildman–Crippen MR) is 91.9 cm³/mol. The Hall–Kier alpha value is -2.67. The van der Waals surface area contributed by atoms with Crippen LogP contribution in [0.15, 0.2) is 42.7 Å². The molecular formula is C17H16ClN3O4. The van der Waals surface area contributed by atoms with Gasteiger partial charge in [0.2, 0.25) is 0 Å². The second kappa shape index (κ2) is 7.48. The van der Waals surface area contributed by atoms with Gasteiger partial charge in [0.1, 0.15) is 17.4 Å². The number of pyridine rings is 1. The summed E-state index contributed by atoms with van der Waals surface area (Å²) in [6.45, 7) is 0.931. The molecule has 1 saturated heterocycles. The second-order valence-corrected chi connectivity index (χ2v) is 6.15. The number of nitro benzene ring substituents is 1. The van der Waals surface area contributed by atoms with E-state index < -0.39 is 4.92 Å². The molecule has 130 valence electrons. The van der Waals surface area contributed by atoms with Crippen molar-refractivity contribution in [1.29, 1.82) is 0 Å². The lowest BCUT2D eigenvalue weighted by Gasteiger charge is -2.32. The van der Waals surface area contributed by atoms with Crippen molar-refractivity contribution in [3.05, 3.63) is 63.4 Å². The molecule has 0 N–H and O–H groups in total. The first-order valence-electron chi connectivity index (χ1n) is 7.84. The Morgan fingerprint density at radius 3 is 2.72 bits per heavy atom. The van der Waals surface area contributed by atoms with Gasteiger partial charge in [0, 0.05) is 43.2 Å². The van der Waals surface area contributed by atoms with Crippen molar-refractivity contribution in [3.63, 3.8) is 0 Å². The van der Waals surface area contributed by atoms with Gasteiger partial charge in [-0.25, -0.2) is 0 Å². The minimum absolute atomic E-state index is 0.0115. The van der Waals surface area contributed by atoms with E-state index in [1.807, 2.05) is 6.07 Å². The van der Waals surface area contributed by atoms with Gasteiger partial charge in [-0.3, -0.25) is 19.9 Å². The van der Waals surface area contributed by atoms with Gasteiger partial charge in [0.15, 0.2) is 0 Å². The molecule has 0 aliphatic carbocycles. The van der Waals surface area contributed by atoms with Gasteiger partial charge < -0.3 is 9.64 Å². The molecule has 1 fully saturated rings. The van der Waals surface area contributed by atoms with Gasteiger partial charge in [0.25, 0.3) is 11.6 Å². The number of carbonyl (C=O) groups is 1. The molecule has 1 aliphatic rings. The third-order valence-electron chi connectivity index (χ3n) is 4.05. The number of hydrogen-bond donors (Lipinski definition) is 0. The largest absolute Gasteiger partial charge is 0.489 e. The number of rotatable bonds is 4. The molecule has 7 nitrogen and oxygen atoms in total.